The van der Waals surface area contributed by atoms with Crippen molar-refractivity contribution < 1.29 is 17.9 Å². The number of benzene rings is 1. The predicted molar refractivity (Wildman–Crippen MR) is 70.5 cm³/mol. The molecule has 0 bridgehead atoms. The molecule has 19 heavy (non-hydrogen) atoms. The number of carbonyl (C=O) groups is 1. The Morgan fingerprint density at radius 3 is 2.42 bits per heavy atom. The molecule has 0 spiro atoms. The van der Waals surface area contributed by atoms with Gasteiger partial charge in [0.15, 0.2) is 9.84 Å². The molecule has 1 saturated heterocycles. The zero-order chi connectivity index (χ0) is 14.0. The Morgan fingerprint density at radius 2 is 1.95 bits per heavy atom. The van der Waals surface area contributed by atoms with Crippen molar-refractivity contribution in [1.29, 1.82) is 0 Å². The predicted octanol–water partition coefficient (Wildman–Crippen LogP) is 1.96. The third kappa shape index (κ3) is 2.58. The first-order valence-corrected chi connectivity index (χ1v) is 7.75. The quantitative estimate of drug-likeness (QED) is 0.847. The van der Waals surface area contributed by atoms with Gasteiger partial charge in [-0.2, -0.15) is 0 Å². The van der Waals surface area contributed by atoms with Crippen LogP contribution >= 0.6 is 0 Å². The Hall–Kier alpha value is -1.56. The first kappa shape index (κ1) is 13.9. The number of rotatable bonds is 4. The van der Waals surface area contributed by atoms with Gasteiger partial charge in [0.25, 0.3) is 0 Å². The minimum absolute atomic E-state index is 0.240. The van der Waals surface area contributed by atoms with Gasteiger partial charge in [0.05, 0.1) is 11.4 Å². The molecule has 1 aliphatic heterocycles. The lowest BCUT2D eigenvalue weighted by molar-refractivity contribution is 0.155. The summed E-state index contributed by atoms with van der Waals surface area (Å²) in [6.45, 7) is 4.22. The molecule has 104 valence electrons. The number of carbonyl (C=O) groups excluding carboxylic acids is 1. The second-order valence-electron chi connectivity index (χ2n) is 4.53. The summed E-state index contributed by atoms with van der Waals surface area (Å²) in [5, 5.41) is -0.856. The largest absolute Gasteiger partial charge is 0.447 e. The number of sulfone groups is 1. The molecule has 0 N–H and O–H groups in total. The van der Waals surface area contributed by atoms with Gasteiger partial charge in [-0.05, 0) is 25.5 Å². The molecule has 1 aliphatic rings. The number of cyclic esters (lactones) is 1. The van der Waals surface area contributed by atoms with Crippen molar-refractivity contribution >= 4 is 15.9 Å². The van der Waals surface area contributed by atoms with Crippen molar-refractivity contribution in [1.82, 2.24) is 4.90 Å². The second-order valence-corrected chi connectivity index (χ2v) is 6.63. The van der Waals surface area contributed by atoms with Crippen LogP contribution in [-0.4, -0.2) is 37.9 Å². The smallest absolute Gasteiger partial charge is 0.411 e. The average Bonchev–Trinajstić information content (AvgIpc) is 2.77. The molecular formula is C13H17NO4S. The molecule has 1 aromatic carbocycles. The molecule has 5 nitrogen and oxygen atoms in total. The van der Waals surface area contributed by atoms with Gasteiger partial charge < -0.3 is 4.74 Å². The van der Waals surface area contributed by atoms with E-state index in [0.29, 0.717) is 13.0 Å². The summed E-state index contributed by atoms with van der Waals surface area (Å²) in [5.74, 6) is 0. The van der Waals surface area contributed by atoms with Gasteiger partial charge in [0.2, 0.25) is 0 Å². The Labute approximate surface area is 113 Å². The maximum atomic E-state index is 12.6. The fourth-order valence-corrected chi connectivity index (χ4v) is 3.95. The van der Waals surface area contributed by atoms with Crippen molar-refractivity contribution in [2.75, 3.05) is 13.2 Å². The second kappa shape index (κ2) is 5.21. The summed E-state index contributed by atoms with van der Waals surface area (Å²) in [6.07, 6.45) is -0.215. The van der Waals surface area contributed by atoms with Crippen molar-refractivity contribution in [2.24, 2.45) is 0 Å². The Morgan fingerprint density at radius 1 is 1.32 bits per heavy atom. The Balaban J connectivity index is 2.36. The molecule has 1 amide bonds. The monoisotopic (exact) mass is 283 g/mol. The van der Waals surface area contributed by atoms with Crippen LogP contribution < -0.4 is 0 Å². The number of nitrogens with zero attached hydrogens (tertiary/aromatic N) is 1. The summed E-state index contributed by atoms with van der Waals surface area (Å²) in [4.78, 5) is 13.1. The molecule has 0 saturated carbocycles. The van der Waals surface area contributed by atoms with Crippen molar-refractivity contribution in [3.05, 3.63) is 29.8 Å². The van der Waals surface area contributed by atoms with Crippen LogP contribution in [0.5, 0.6) is 0 Å². The summed E-state index contributed by atoms with van der Waals surface area (Å²) in [5.41, 5.74) is 0.993. The van der Waals surface area contributed by atoms with Crippen molar-refractivity contribution in [3.8, 4) is 0 Å². The lowest BCUT2D eigenvalue weighted by Crippen LogP contribution is -2.41. The highest BCUT2D eigenvalue weighted by Gasteiger charge is 2.37. The SMILES string of the molecule is CC[C@H](N1CCOC1=O)S(=O)(=O)c1ccc(C)cc1. The molecule has 1 fully saturated rings. The van der Waals surface area contributed by atoms with Gasteiger partial charge in [0.1, 0.15) is 12.0 Å². The fourth-order valence-electron chi connectivity index (χ4n) is 2.16. The first-order valence-electron chi connectivity index (χ1n) is 6.20. The number of ether oxygens (including phenoxy) is 1. The summed E-state index contributed by atoms with van der Waals surface area (Å²) >= 11 is 0. The Kier molecular flexibility index (Phi) is 3.80. The zero-order valence-electron chi connectivity index (χ0n) is 11.0. The zero-order valence-corrected chi connectivity index (χ0v) is 11.8. The van der Waals surface area contributed by atoms with Crippen LogP contribution in [0.2, 0.25) is 0 Å². The maximum Gasteiger partial charge on any atom is 0.411 e. The molecule has 1 aromatic rings. The van der Waals surface area contributed by atoms with E-state index >= 15 is 0 Å². The lowest BCUT2D eigenvalue weighted by Gasteiger charge is -2.24. The number of hydrogen-bond acceptors (Lipinski definition) is 4. The van der Waals surface area contributed by atoms with Crippen LogP contribution in [0.4, 0.5) is 4.79 Å². The number of hydrogen-bond donors (Lipinski definition) is 0. The van der Waals surface area contributed by atoms with E-state index in [9.17, 15) is 13.2 Å². The standard InChI is InChI=1S/C13H17NO4S/c1-3-12(14-8-9-18-13(14)15)19(16,17)11-6-4-10(2)5-7-11/h4-7,12H,3,8-9H2,1-2H3/t12-/m1/s1. The molecule has 0 aliphatic carbocycles. The third-order valence-corrected chi connectivity index (χ3v) is 5.43. The van der Waals surface area contributed by atoms with E-state index in [-0.39, 0.29) is 11.5 Å². The molecule has 1 heterocycles. The normalized spacial score (nSPS) is 17.4. The highest BCUT2D eigenvalue weighted by Crippen LogP contribution is 2.24. The van der Waals surface area contributed by atoms with Gasteiger partial charge in [-0.3, -0.25) is 4.90 Å². The molecule has 6 heteroatoms. The van der Waals surface area contributed by atoms with Crippen molar-refractivity contribution in [2.45, 2.75) is 30.5 Å². The van der Waals surface area contributed by atoms with Crippen LogP contribution in [0.3, 0.4) is 0 Å². The molecule has 0 unspecified atom stereocenters. The minimum atomic E-state index is -3.56. The number of aryl methyl sites for hydroxylation is 1. The van der Waals surface area contributed by atoms with Crippen LogP contribution in [0.25, 0.3) is 0 Å². The first-order chi connectivity index (χ1) is 8.96. The fraction of sp³-hybridized carbons (Fsp3) is 0.462. The molecule has 2 rings (SSSR count). The van der Waals surface area contributed by atoms with E-state index < -0.39 is 21.3 Å². The molecule has 0 radical (unpaired) electrons. The van der Waals surface area contributed by atoms with E-state index in [4.69, 9.17) is 4.74 Å². The average molecular weight is 283 g/mol. The lowest BCUT2D eigenvalue weighted by atomic mass is 10.2. The summed E-state index contributed by atoms with van der Waals surface area (Å²) in [7, 11) is -3.56. The molecular weight excluding hydrogens is 266 g/mol. The van der Waals surface area contributed by atoms with Gasteiger partial charge >= 0.3 is 6.09 Å². The Bertz CT molecular complexity index is 565. The van der Waals surface area contributed by atoms with E-state index in [1.54, 1.807) is 31.2 Å². The van der Waals surface area contributed by atoms with Crippen LogP contribution in [-0.2, 0) is 14.6 Å². The maximum absolute atomic E-state index is 12.6. The van der Waals surface area contributed by atoms with Crippen LogP contribution in [0.15, 0.2) is 29.2 Å². The topological polar surface area (TPSA) is 63.7 Å². The number of amides is 1. The van der Waals surface area contributed by atoms with Crippen LogP contribution in [0.1, 0.15) is 18.9 Å². The highest BCUT2D eigenvalue weighted by molar-refractivity contribution is 7.92. The molecule has 1 atom stereocenters. The van der Waals surface area contributed by atoms with E-state index in [0.717, 1.165) is 5.56 Å². The third-order valence-electron chi connectivity index (χ3n) is 3.20. The van der Waals surface area contributed by atoms with Crippen LogP contribution in [0, 0.1) is 6.92 Å². The van der Waals surface area contributed by atoms with Gasteiger partial charge in [-0.25, -0.2) is 13.2 Å². The van der Waals surface area contributed by atoms with Gasteiger partial charge in [-0.1, -0.05) is 24.6 Å². The van der Waals surface area contributed by atoms with E-state index in [2.05, 4.69) is 0 Å². The van der Waals surface area contributed by atoms with Crippen molar-refractivity contribution in [3.63, 3.8) is 0 Å². The minimum Gasteiger partial charge on any atom is -0.447 e. The molecule has 0 aromatic heterocycles. The summed E-state index contributed by atoms with van der Waals surface area (Å²) < 4.78 is 29.9. The van der Waals surface area contributed by atoms with E-state index in [1.807, 2.05) is 6.92 Å². The van der Waals surface area contributed by atoms with E-state index in [1.165, 1.54) is 4.90 Å². The highest BCUT2D eigenvalue weighted by atomic mass is 32.2. The van der Waals surface area contributed by atoms with Gasteiger partial charge in [0, 0.05) is 0 Å². The summed E-state index contributed by atoms with van der Waals surface area (Å²) in [6, 6.07) is 6.66. The van der Waals surface area contributed by atoms with Gasteiger partial charge in [-0.15, -0.1) is 0 Å².